The average Bonchev–Trinajstić information content (AvgIpc) is 2.53. The molecule has 0 radical (unpaired) electrons. The minimum absolute atomic E-state index is 0.180. The maximum atomic E-state index is 12.1. The molecule has 1 aliphatic heterocycles. The second-order valence-corrected chi connectivity index (χ2v) is 5.41. The molecule has 5 nitrogen and oxygen atoms in total. The van der Waals surface area contributed by atoms with E-state index in [-0.39, 0.29) is 17.9 Å². The van der Waals surface area contributed by atoms with Crippen LogP contribution in [-0.4, -0.2) is 43.0 Å². The van der Waals surface area contributed by atoms with Gasteiger partial charge in [-0.2, -0.15) is 0 Å². The van der Waals surface area contributed by atoms with E-state index < -0.39 is 0 Å². The van der Waals surface area contributed by atoms with Crippen LogP contribution in [0.15, 0.2) is 24.3 Å². The summed E-state index contributed by atoms with van der Waals surface area (Å²) >= 11 is 0. The number of likely N-dealkylation sites (tertiary alicyclic amines) is 1. The van der Waals surface area contributed by atoms with Crippen molar-refractivity contribution < 1.29 is 14.3 Å². The molecule has 0 saturated carbocycles. The molecule has 1 aliphatic rings. The van der Waals surface area contributed by atoms with Gasteiger partial charge >= 0.3 is 5.97 Å². The monoisotopic (exact) mass is 290 g/mol. The smallest absolute Gasteiger partial charge is 0.337 e. The minimum atomic E-state index is -0.345. The number of hydrogen-bond acceptors (Lipinski definition) is 4. The number of nitrogens with zero attached hydrogens (tertiary/aromatic N) is 1. The van der Waals surface area contributed by atoms with Crippen LogP contribution in [0.2, 0.25) is 0 Å². The molecular formula is C16H22N2O3. The van der Waals surface area contributed by atoms with Crippen molar-refractivity contribution in [2.45, 2.75) is 31.7 Å². The number of carbonyl (C=O) groups is 2. The Morgan fingerprint density at radius 1 is 1.24 bits per heavy atom. The first kappa shape index (κ1) is 15.5. The van der Waals surface area contributed by atoms with Crippen LogP contribution in [0, 0.1) is 0 Å². The number of hydrogen-bond donors (Lipinski definition) is 1. The van der Waals surface area contributed by atoms with Crippen LogP contribution < -0.4 is 5.73 Å². The number of amides is 1. The highest BCUT2D eigenvalue weighted by molar-refractivity contribution is 5.89. The lowest BCUT2D eigenvalue weighted by molar-refractivity contribution is -0.132. The van der Waals surface area contributed by atoms with E-state index in [1.54, 1.807) is 12.1 Å². The standard InChI is InChI=1S/C16H22N2O3/c1-21-16(20)13-5-2-12(3-6-13)4-7-15(19)18-10-8-14(17)9-11-18/h2-3,5-6,14H,4,7-11,17H2,1H3. The van der Waals surface area contributed by atoms with Crippen LogP contribution in [0.5, 0.6) is 0 Å². The zero-order valence-corrected chi connectivity index (χ0v) is 12.4. The molecule has 0 aromatic heterocycles. The largest absolute Gasteiger partial charge is 0.465 e. The molecule has 2 rings (SSSR count). The van der Waals surface area contributed by atoms with Crippen molar-refractivity contribution in [2.24, 2.45) is 5.73 Å². The summed E-state index contributed by atoms with van der Waals surface area (Å²) in [5.41, 5.74) is 7.41. The summed E-state index contributed by atoms with van der Waals surface area (Å²) in [4.78, 5) is 25.3. The van der Waals surface area contributed by atoms with Crippen LogP contribution in [-0.2, 0) is 16.0 Å². The van der Waals surface area contributed by atoms with Crippen molar-refractivity contribution in [3.05, 3.63) is 35.4 Å². The van der Waals surface area contributed by atoms with Crippen molar-refractivity contribution in [1.82, 2.24) is 4.90 Å². The third kappa shape index (κ3) is 4.29. The summed E-state index contributed by atoms with van der Waals surface area (Å²) in [6.07, 6.45) is 2.95. The summed E-state index contributed by atoms with van der Waals surface area (Å²) in [6, 6.07) is 7.42. The molecule has 1 heterocycles. The number of esters is 1. The van der Waals surface area contributed by atoms with Crippen LogP contribution in [0.3, 0.4) is 0 Å². The summed E-state index contributed by atoms with van der Waals surface area (Å²) in [5, 5.41) is 0. The van der Waals surface area contributed by atoms with Gasteiger partial charge in [0.1, 0.15) is 0 Å². The van der Waals surface area contributed by atoms with Crippen molar-refractivity contribution >= 4 is 11.9 Å². The second kappa shape index (κ2) is 7.22. The zero-order valence-electron chi connectivity index (χ0n) is 12.4. The Morgan fingerprint density at radius 2 is 1.86 bits per heavy atom. The first-order valence-corrected chi connectivity index (χ1v) is 7.30. The van der Waals surface area contributed by atoms with Gasteiger partial charge in [0.25, 0.3) is 0 Å². The van der Waals surface area contributed by atoms with Crippen LogP contribution in [0.4, 0.5) is 0 Å². The summed E-state index contributed by atoms with van der Waals surface area (Å²) in [7, 11) is 1.36. The lowest BCUT2D eigenvalue weighted by Crippen LogP contribution is -2.42. The van der Waals surface area contributed by atoms with Crippen molar-refractivity contribution in [1.29, 1.82) is 0 Å². The molecule has 21 heavy (non-hydrogen) atoms. The number of nitrogens with two attached hydrogens (primary N) is 1. The number of carbonyl (C=O) groups excluding carboxylic acids is 2. The zero-order chi connectivity index (χ0) is 15.2. The van der Waals surface area contributed by atoms with Gasteiger partial charge in [-0.25, -0.2) is 4.79 Å². The van der Waals surface area contributed by atoms with E-state index in [2.05, 4.69) is 4.74 Å². The molecule has 1 aromatic rings. The van der Waals surface area contributed by atoms with Gasteiger partial charge < -0.3 is 15.4 Å². The summed E-state index contributed by atoms with van der Waals surface area (Å²) < 4.78 is 4.65. The first-order chi connectivity index (χ1) is 10.1. The van der Waals surface area contributed by atoms with Crippen LogP contribution in [0.1, 0.15) is 35.2 Å². The fraction of sp³-hybridized carbons (Fsp3) is 0.500. The summed E-state index contributed by atoms with van der Waals surface area (Å²) in [5.74, 6) is -0.166. The normalized spacial score (nSPS) is 15.8. The van der Waals surface area contributed by atoms with E-state index in [1.165, 1.54) is 7.11 Å². The molecule has 5 heteroatoms. The van der Waals surface area contributed by atoms with Gasteiger partial charge in [0, 0.05) is 25.6 Å². The topological polar surface area (TPSA) is 72.6 Å². The Balaban J connectivity index is 1.82. The lowest BCUT2D eigenvalue weighted by atomic mass is 10.0. The fourth-order valence-corrected chi connectivity index (χ4v) is 2.48. The molecular weight excluding hydrogens is 268 g/mol. The van der Waals surface area contributed by atoms with E-state index in [1.807, 2.05) is 17.0 Å². The Morgan fingerprint density at radius 3 is 2.43 bits per heavy atom. The summed E-state index contributed by atoms with van der Waals surface area (Å²) in [6.45, 7) is 1.53. The Hall–Kier alpha value is -1.88. The maximum absolute atomic E-state index is 12.1. The highest BCUT2D eigenvalue weighted by Gasteiger charge is 2.20. The molecule has 114 valence electrons. The number of ether oxygens (including phenoxy) is 1. The number of aryl methyl sites for hydroxylation is 1. The van der Waals surface area contributed by atoms with Crippen LogP contribution >= 0.6 is 0 Å². The van der Waals surface area contributed by atoms with E-state index >= 15 is 0 Å². The highest BCUT2D eigenvalue weighted by Crippen LogP contribution is 2.12. The second-order valence-electron chi connectivity index (χ2n) is 5.41. The molecule has 1 aromatic carbocycles. The molecule has 2 N–H and O–H groups in total. The fourth-order valence-electron chi connectivity index (χ4n) is 2.48. The Labute approximate surface area is 125 Å². The Bertz CT molecular complexity index is 491. The average molecular weight is 290 g/mol. The van der Waals surface area contributed by atoms with Crippen LogP contribution in [0.25, 0.3) is 0 Å². The van der Waals surface area contributed by atoms with Gasteiger partial charge in [-0.05, 0) is 37.0 Å². The van der Waals surface area contributed by atoms with Gasteiger partial charge in [-0.15, -0.1) is 0 Å². The van der Waals surface area contributed by atoms with E-state index in [9.17, 15) is 9.59 Å². The molecule has 0 aliphatic carbocycles. The third-order valence-corrected chi connectivity index (χ3v) is 3.89. The van der Waals surface area contributed by atoms with E-state index in [4.69, 9.17) is 5.73 Å². The Kier molecular flexibility index (Phi) is 5.33. The quantitative estimate of drug-likeness (QED) is 0.850. The van der Waals surface area contributed by atoms with Gasteiger partial charge in [0.15, 0.2) is 0 Å². The first-order valence-electron chi connectivity index (χ1n) is 7.30. The molecule has 0 unspecified atom stereocenters. The SMILES string of the molecule is COC(=O)c1ccc(CCC(=O)N2CCC(N)CC2)cc1. The van der Waals surface area contributed by atoms with Gasteiger partial charge in [0.05, 0.1) is 12.7 Å². The minimum Gasteiger partial charge on any atom is -0.465 e. The molecule has 0 atom stereocenters. The maximum Gasteiger partial charge on any atom is 0.337 e. The molecule has 0 spiro atoms. The predicted molar refractivity (Wildman–Crippen MR) is 79.9 cm³/mol. The van der Waals surface area contributed by atoms with Gasteiger partial charge in [-0.1, -0.05) is 12.1 Å². The van der Waals surface area contributed by atoms with Crippen molar-refractivity contribution in [3.8, 4) is 0 Å². The van der Waals surface area contributed by atoms with E-state index in [0.717, 1.165) is 31.5 Å². The van der Waals surface area contributed by atoms with Gasteiger partial charge in [-0.3, -0.25) is 4.79 Å². The molecule has 1 amide bonds. The lowest BCUT2D eigenvalue weighted by Gasteiger charge is -2.30. The number of piperidine rings is 1. The van der Waals surface area contributed by atoms with Crippen molar-refractivity contribution in [3.63, 3.8) is 0 Å². The molecule has 0 bridgehead atoms. The highest BCUT2D eigenvalue weighted by atomic mass is 16.5. The number of methoxy groups -OCH3 is 1. The molecule has 1 fully saturated rings. The van der Waals surface area contributed by atoms with Crippen molar-refractivity contribution in [2.75, 3.05) is 20.2 Å². The van der Waals surface area contributed by atoms with Gasteiger partial charge in [0.2, 0.25) is 5.91 Å². The van der Waals surface area contributed by atoms with E-state index in [0.29, 0.717) is 18.4 Å². The third-order valence-electron chi connectivity index (χ3n) is 3.89. The number of benzene rings is 1. The predicted octanol–water partition coefficient (Wildman–Crippen LogP) is 1.36. The molecule has 1 saturated heterocycles. The number of rotatable bonds is 4.